The van der Waals surface area contributed by atoms with Crippen LogP contribution in [0.15, 0.2) is 23.5 Å². The van der Waals surface area contributed by atoms with Crippen molar-refractivity contribution in [1.82, 2.24) is 0 Å². The van der Waals surface area contributed by atoms with E-state index in [1.807, 2.05) is 13.0 Å². The van der Waals surface area contributed by atoms with Gasteiger partial charge in [0, 0.05) is 12.5 Å². The second-order valence-electron chi connectivity index (χ2n) is 8.05. The van der Waals surface area contributed by atoms with Crippen LogP contribution < -0.4 is 0 Å². The summed E-state index contributed by atoms with van der Waals surface area (Å²) >= 11 is 0. The van der Waals surface area contributed by atoms with Crippen LogP contribution in [0.4, 0.5) is 0 Å². The minimum Gasteiger partial charge on any atom is -0.471 e. The Balaban J connectivity index is 1.82. The fourth-order valence-corrected chi connectivity index (χ4v) is 4.27. The fraction of sp³-hybridized carbons (Fsp3) is 0.762. The molecule has 0 spiro atoms. The summed E-state index contributed by atoms with van der Waals surface area (Å²) in [5.41, 5.74) is 1.19. The van der Waals surface area contributed by atoms with Gasteiger partial charge in [-0.15, -0.1) is 0 Å². The smallest absolute Gasteiger partial charge is 0.337 e. The molecule has 3 rings (SSSR count). The molecule has 0 unspecified atom stereocenters. The fourth-order valence-electron chi connectivity index (χ4n) is 4.27. The predicted molar refractivity (Wildman–Crippen MR) is 105 cm³/mol. The molecular formula is C21H32O10. The van der Waals surface area contributed by atoms with Crippen LogP contribution in [0.25, 0.3) is 0 Å². The monoisotopic (exact) mass is 444 g/mol. The summed E-state index contributed by atoms with van der Waals surface area (Å²) in [4.78, 5) is 12.4. The van der Waals surface area contributed by atoms with Gasteiger partial charge in [0.25, 0.3) is 0 Å². The van der Waals surface area contributed by atoms with Crippen molar-refractivity contribution in [3.63, 3.8) is 0 Å². The van der Waals surface area contributed by atoms with Crippen molar-refractivity contribution in [3.05, 3.63) is 23.5 Å². The third kappa shape index (κ3) is 4.80. The van der Waals surface area contributed by atoms with Gasteiger partial charge in [-0.25, -0.2) is 4.79 Å². The van der Waals surface area contributed by atoms with E-state index in [4.69, 9.17) is 23.7 Å². The largest absolute Gasteiger partial charge is 0.471 e. The molecule has 0 radical (unpaired) electrons. The zero-order chi connectivity index (χ0) is 22.7. The summed E-state index contributed by atoms with van der Waals surface area (Å²) in [5, 5.41) is 39.7. The van der Waals surface area contributed by atoms with Crippen LogP contribution in [-0.2, 0) is 28.5 Å². The maximum absolute atomic E-state index is 12.4. The molecule has 10 heteroatoms. The first-order chi connectivity index (χ1) is 14.8. The molecule has 3 aliphatic rings. The van der Waals surface area contributed by atoms with Gasteiger partial charge in [-0.3, -0.25) is 0 Å². The highest BCUT2D eigenvalue weighted by molar-refractivity contribution is 5.89. The molecule has 2 aliphatic heterocycles. The van der Waals surface area contributed by atoms with Crippen LogP contribution in [0.1, 0.15) is 26.7 Å². The van der Waals surface area contributed by atoms with Crippen molar-refractivity contribution in [2.75, 3.05) is 20.3 Å². The minimum atomic E-state index is -1.57. The van der Waals surface area contributed by atoms with Gasteiger partial charge in [0.2, 0.25) is 6.29 Å². The molecule has 31 heavy (non-hydrogen) atoms. The van der Waals surface area contributed by atoms with E-state index in [0.717, 1.165) is 18.4 Å². The molecule has 1 saturated heterocycles. The van der Waals surface area contributed by atoms with Gasteiger partial charge in [0.1, 0.15) is 24.4 Å². The van der Waals surface area contributed by atoms with Crippen LogP contribution in [0.2, 0.25) is 0 Å². The van der Waals surface area contributed by atoms with E-state index < -0.39 is 61.4 Å². The topological polar surface area (TPSA) is 144 Å². The lowest BCUT2D eigenvalue weighted by molar-refractivity contribution is -0.340. The molecule has 1 aliphatic carbocycles. The predicted octanol–water partition coefficient (Wildman–Crippen LogP) is -0.406. The lowest BCUT2D eigenvalue weighted by atomic mass is 9.82. The Bertz CT molecular complexity index is 690. The van der Waals surface area contributed by atoms with Crippen LogP contribution in [0, 0.1) is 11.8 Å². The maximum atomic E-state index is 12.4. The zero-order valence-corrected chi connectivity index (χ0v) is 17.9. The number of fused-ring (bicyclic) bond motifs is 1. The maximum Gasteiger partial charge on any atom is 0.337 e. The number of hydrogen-bond acceptors (Lipinski definition) is 10. The lowest BCUT2D eigenvalue weighted by Crippen LogP contribution is -2.60. The summed E-state index contributed by atoms with van der Waals surface area (Å²) in [5.74, 6) is -1.39. The Hall–Kier alpha value is -1.53. The van der Waals surface area contributed by atoms with E-state index in [9.17, 15) is 25.2 Å². The highest BCUT2D eigenvalue weighted by atomic mass is 16.8. The van der Waals surface area contributed by atoms with Gasteiger partial charge in [0.05, 0.1) is 37.6 Å². The van der Waals surface area contributed by atoms with Crippen molar-refractivity contribution in [3.8, 4) is 0 Å². The standard InChI is InChI=1S/C21H32O10/c1-4-5-6-28-12-7-10(2)14-15(12)11(19(26)27-3)9-29-20(14)31-21-18(25)17(24)16(23)13(8-22)30-21/h7,9,12-18,20-25H,4-6,8H2,1-3H3/t12-,13-,14-,15+,16-,17+,18-,20+,21+/m1/s1. The van der Waals surface area contributed by atoms with E-state index in [1.54, 1.807) is 0 Å². The van der Waals surface area contributed by atoms with Crippen LogP contribution in [-0.4, -0.2) is 89.8 Å². The number of hydrogen-bond donors (Lipinski definition) is 4. The van der Waals surface area contributed by atoms with Crippen LogP contribution in [0.3, 0.4) is 0 Å². The number of carbonyl (C=O) groups is 1. The number of carbonyl (C=O) groups excluding carboxylic acids is 1. The summed E-state index contributed by atoms with van der Waals surface area (Å²) < 4.78 is 27.9. The number of rotatable bonds is 8. The SMILES string of the molecule is CCCCO[C@@H]1C=C(C)[C@H]2[C@H](O[C@@H]3O[C@H](CO)[C@@H](O)[C@H](O)[C@H]3O)OC=C(C(=O)OC)[C@H]21. The molecule has 10 nitrogen and oxygen atoms in total. The number of unbranched alkanes of at least 4 members (excludes halogenated alkanes) is 1. The quantitative estimate of drug-likeness (QED) is 0.222. The molecule has 2 heterocycles. The molecule has 0 aromatic rings. The van der Waals surface area contributed by atoms with Crippen molar-refractivity contribution in [2.24, 2.45) is 11.8 Å². The van der Waals surface area contributed by atoms with Gasteiger partial charge in [-0.2, -0.15) is 0 Å². The average molecular weight is 444 g/mol. The van der Waals surface area contributed by atoms with E-state index in [0.29, 0.717) is 12.2 Å². The molecule has 4 N–H and O–H groups in total. The summed E-state index contributed by atoms with van der Waals surface area (Å²) in [6, 6.07) is 0. The number of aliphatic hydroxyl groups is 4. The number of ether oxygens (including phenoxy) is 5. The lowest BCUT2D eigenvalue weighted by Gasteiger charge is -2.43. The molecule has 0 saturated carbocycles. The van der Waals surface area contributed by atoms with Gasteiger partial charge >= 0.3 is 5.97 Å². The van der Waals surface area contributed by atoms with Crippen LogP contribution >= 0.6 is 0 Å². The molecular weight excluding hydrogens is 412 g/mol. The molecule has 0 bridgehead atoms. The normalized spacial score (nSPS) is 39.9. The van der Waals surface area contributed by atoms with Crippen molar-refractivity contribution >= 4 is 5.97 Å². The second kappa shape index (κ2) is 10.4. The second-order valence-corrected chi connectivity index (χ2v) is 8.05. The molecule has 0 aromatic carbocycles. The molecule has 9 atom stereocenters. The van der Waals surface area contributed by atoms with Crippen molar-refractivity contribution in [2.45, 2.75) is 69.8 Å². The van der Waals surface area contributed by atoms with Crippen molar-refractivity contribution < 1.29 is 48.9 Å². The van der Waals surface area contributed by atoms with Gasteiger partial charge in [-0.1, -0.05) is 25.0 Å². The van der Waals surface area contributed by atoms with Crippen LogP contribution in [0.5, 0.6) is 0 Å². The molecule has 0 amide bonds. The summed E-state index contributed by atoms with van der Waals surface area (Å²) in [7, 11) is 1.29. The van der Waals surface area contributed by atoms with E-state index >= 15 is 0 Å². The number of methoxy groups -OCH3 is 1. The Morgan fingerprint density at radius 2 is 1.87 bits per heavy atom. The molecule has 176 valence electrons. The van der Waals surface area contributed by atoms with Gasteiger partial charge in [-0.05, 0) is 13.3 Å². The summed E-state index contributed by atoms with van der Waals surface area (Å²) in [6.07, 6.45) is -3.40. The first-order valence-corrected chi connectivity index (χ1v) is 10.5. The Morgan fingerprint density at radius 1 is 1.13 bits per heavy atom. The van der Waals surface area contributed by atoms with E-state index in [-0.39, 0.29) is 6.10 Å². The third-order valence-corrected chi connectivity index (χ3v) is 6.02. The minimum absolute atomic E-state index is 0.316. The van der Waals surface area contributed by atoms with E-state index in [1.165, 1.54) is 13.4 Å². The first-order valence-electron chi connectivity index (χ1n) is 10.5. The number of aliphatic hydroxyl groups excluding tert-OH is 4. The average Bonchev–Trinajstić information content (AvgIpc) is 3.10. The molecule has 1 fully saturated rings. The third-order valence-electron chi connectivity index (χ3n) is 6.02. The highest BCUT2D eigenvalue weighted by Crippen LogP contribution is 2.45. The van der Waals surface area contributed by atoms with E-state index in [2.05, 4.69) is 6.92 Å². The number of esters is 1. The molecule has 0 aromatic heterocycles. The zero-order valence-electron chi connectivity index (χ0n) is 17.9. The Morgan fingerprint density at radius 3 is 2.52 bits per heavy atom. The Labute approximate surface area is 181 Å². The van der Waals surface area contributed by atoms with Gasteiger partial charge in [0.15, 0.2) is 6.29 Å². The van der Waals surface area contributed by atoms with Gasteiger partial charge < -0.3 is 44.1 Å². The first kappa shape index (κ1) is 24.1. The van der Waals surface area contributed by atoms with Crippen molar-refractivity contribution in [1.29, 1.82) is 0 Å². The highest BCUT2D eigenvalue weighted by Gasteiger charge is 2.52. The summed E-state index contributed by atoms with van der Waals surface area (Å²) in [6.45, 7) is 3.89. The Kier molecular flexibility index (Phi) is 8.08.